The van der Waals surface area contributed by atoms with Crippen molar-refractivity contribution in [3.8, 4) is 5.75 Å². The first kappa shape index (κ1) is 17.7. The molecule has 0 saturated carbocycles. The van der Waals surface area contributed by atoms with Crippen molar-refractivity contribution in [1.29, 1.82) is 0 Å². The second kappa shape index (κ2) is 6.60. The molecule has 1 spiro atoms. The van der Waals surface area contributed by atoms with Gasteiger partial charge in [-0.25, -0.2) is 4.79 Å². The highest BCUT2D eigenvalue weighted by Gasteiger charge is 2.43. The van der Waals surface area contributed by atoms with Crippen LogP contribution < -0.4 is 4.74 Å². The van der Waals surface area contributed by atoms with E-state index in [1.807, 2.05) is 23.1 Å². The Morgan fingerprint density at radius 1 is 1.07 bits per heavy atom. The van der Waals surface area contributed by atoms with Gasteiger partial charge in [0.1, 0.15) is 16.2 Å². The van der Waals surface area contributed by atoms with E-state index in [4.69, 9.17) is 9.47 Å². The fourth-order valence-electron chi connectivity index (χ4n) is 4.47. The first-order valence-electron chi connectivity index (χ1n) is 9.61. The van der Waals surface area contributed by atoms with E-state index in [1.54, 1.807) is 6.07 Å². The topological polar surface area (TPSA) is 76.1 Å². The molecule has 5 rings (SSSR count). The third-order valence-electron chi connectivity index (χ3n) is 5.98. The molecule has 3 aliphatic heterocycles. The number of piperidine rings is 1. The summed E-state index contributed by atoms with van der Waals surface area (Å²) in [5.41, 5.74) is 2.44. The fraction of sp³-hybridized carbons (Fsp3) is 0.429. The number of carbonyl (C=O) groups excluding carboxylic acids is 1. The lowest BCUT2D eigenvalue weighted by atomic mass is 9.85. The van der Waals surface area contributed by atoms with Crippen LogP contribution in [0.4, 0.5) is 0 Å². The van der Waals surface area contributed by atoms with Crippen molar-refractivity contribution in [2.75, 3.05) is 26.3 Å². The lowest BCUT2D eigenvalue weighted by Gasteiger charge is -2.43. The van der Waals surface area contributed by atoms with Gasteiger partial charge in [-0.3, -0.25) is 4.79 Å². The van der Waals surface area contributed by atoms with Crippen LogP contribution in [-0.4, -0.2) is 48.2 Å². The maximum atomic E-state index is 13.0. The van der Waals surface area contributed by atoms with Crippen LogP contribution >= 0.6 is 11.3 Å². The van der Waals surface area contributed by atoms with Gasteiger partial charge in [0.15, 0.2) is 0 Å². The average molecular weight is 399 g/mol. The number of rotatable bonds is 2. The molecule has 0 radical (unpaired) electrons. The zero-order chi connectivity index (χ0) is 19.3. The average Bonchev–Trinajstić information content (AvgIpc) is 3.35. The Morgan fingerprint density at radius 2 is 1.86 bits per heavy atom. The van der Waals surface area contributed by atoms with Crippen molar-refractivity contribution < 1.29 is 24.2 Å². The molecule has 1 aromatic heterocycles. The van der Waals surface area contributed by atoms with Gasteiger partial charge in [-0.2, -0.15) is 0 Å². The fourth-order valence-corrected chi connectivity index (χ4v) is 5.72. The summed E-state index contributed by atoms with van der Waals surface area (Å²) < 4.78 is 11.7. The molecule has 0 unspecified atom stereocenters. The lowest BCUT2D eigenvalue weighted by molar-refractivity contribution is -0.0906. The number of aromatic carboxylic acids is 1. The van der Waals surface area contributed by atoms with E-state index in [1.165, 1.54) is 11.3 Å². The van der Waals surface area contributed by atoms with Crippen molar-refractivity contribution in [3.63, 3.8) is 0 Å². The Bertz CT molecular complexity index is 958. The molecule has 2 aromatic rings. The summed E-state index contributed by atoms with van der Waals surface area (Å²) in [5, 5.41) is 9.34. The van der Waals surface area contributed by atoms with Crippen molar-refractivity contribution in [2.24, 2.45) is 0 Å². The highest BCUT2D eigenvalue weighted by atomic mass is 32.1. The van der Waals surface area contributed by atoms with Crippen LogP contribution in [0, 0.1) is 0 Å². The van der Waals surface area contributed by atoms with Crippen LogP contribution in [-0.2, 0) is 23.2 Å². The molecular weight excluding hydrogens is 378 g/mol. The van der Waals surface area contributed by atoms with Crippen molar-refractivity contribution >= 4 is 23.2 Å². The maximum Gasteiger partial charge on any atom is 0.345 e. The zero-order valence-electron chi connectivity index (χ0n) is 15.4. The Morgan fingerprint density at radius 3 is 2.64 bits per heavy atom. The quantitative estimate of drug-likeness (QED) is 0.840. The van der Waals surface area contributed by atoms with Gasteiger partial charge >= 0.3 is 5.97 Å². The van der Waals surface area contributed by atoms with Gasteiger partial charge in [0.25, 0.3) is 5.91 Å². The highest BCUT2D eigenvalue weighted by Crippen LogP contribution is 2.45. The number of carbonyl (C=O) groups is 2. The molecular formula is C21H21NO5S. The second-order valence-corrected chi connectivity index (χ2v) is 8.63. The van der Waals surface area contributed by atoms with Gasteiger partial charge < -0.3 is 19.5 Å². The lowest BCUT2D eigenvalue weighted by Crippen LogP contribution is -2.47. The number of thiophene rings is 1. The van der Waals surface area contributed by atoms with Crippen molar-refractivity contribution in [2.45, 2.75) is 31.3 Å². The number of nitrogens with zero attached hydrogens (tertiary/aromatic N) is 1. The van der Waals surface area contributed by atoms with Gasteiger partial charge in [0, 0.05) is 30.0 Å². The predicted octanol–water partition coefficient (Wildman–Crippen LogP) is 3.09. The number of amides is 1. The van der Waals surface area contributed by atoms with Crippen LogP contribution in [0.2, 0.25) is 0 Å². The van der Waals surface area contributed by atoms with E-state index in [0.717, 1.165) is 34.6 Å². The first-order chi connectivity index (χ1) is 13.6. The number of hydrogen-bond donors (Lipinski definition) is 1. The van der Waals surface area contributed by atoms with E-state index < -0.39 is 11.6 Å². The third kappa shape index (κ3) is 2.81. The van der Waals surface area contributed by atoms with Crippen molar-refractivity contribution in [1.82, 2.24) is 4.90 Å². The largest absolute Gasteiger partial charge is 0.493 e. The van der Waals surface area contributed by atoms with Crippen LogP contribution in [0.1, 0.15) is 48.9 Å². The Hall–Kier alpha value is -2.38. The molecule has 1 N–H and O–H groups in total. The van der Waals surface area contributed by atoms with E-state index in [9.17, 15) is 14.7 Å². The molecule has 4 heterocycles. The van der Waals surface area contributed by atoms with Crippen LogP contribution in [0.25, 0.3) is 0 Å². The number of fused-ring (bicyclic) bond motifs is 3. The number of hydrogen-bond acceptors (Lipinski definition) is 5. The smallest absolute Gasteiger partial charge is 0.345 e. The minimum Gasteiger partial charge on any atom is -0.493 e. The van der Waals surface area contributed by atoms with Crippen LogP contribution in [0.3, 0.4) is 0 Å². The van der Waals surface area contributed by atoms with Gasteiger partial charge in [0.2, 0.25) is 0 Å². The molecule has 1 aromatic carbocycles. The Balaban J connectivity index is 1.34. The minimum absolute atomic E-state index is 0.0398. The van der Waals surface area contributed by atoms with E-state index >= 15 is 0 Å². The summed E-state index contributed by atoms with van der Waals surface area (Å²) in [6, 6.07) is 7.46. The van der Waals surface area contributed by atoms with Gasteiger partial charge in [-0.05, 0) is 54.7 Å². The highest BCUT2D eigenvalue weighted by molar-refractivity contribution is 7.14. The number of carboxylic acids is 1. The first-order valence-corrected chi connectivity index (χ1v) is 10.4. The van der Waals surface area contributed by atoms with E-state index in [0.29, 0.717) is 49.6 Å². The summed E-state index contributed by atoms with van der Waals surface area (Å²) in [5.74, 6) is 0.0324. The molecule has 0 atom stereocenters. The Kier molecular flexibility index (Phi) is 4.17. The van der Waals surface area contributed by atoms with Gasteiger partial charge in [-0.15, -0.1) is 11.3 Å². The second-order valence-electron chi connectivity index (χ2n) is 7.58. The minimum atomic E-state index is -0.886. The molecule has 0 bridgehead atoms. The molecule has 1 saturated heterocycles. The number of likely N-dealkylation sites (tertiary alicyclic amines) is 1. The summed E-state index contributed by atoms with van der Waals surface area (Å²) in [6.45, 7) is 2.48. The third-order valence-corrected chi connectivity index (χ3v) is 7.33. The molecule has 6 nitrogen and oxygen atoms in total. The predicted molar refractivity (Wildman–Crippen MR) is 103 cm³/mol. The summed E-state index contributed by atoms with van der Waals surface area (Å²) >= 11 is 1.33. The number of benzene rings is 1. The molecule has 146 valence electrons. The number of ether oxygens (including phenoxy) is 2. The zero-order valence-corrected chi connectivity index (χ0v) is 16.2. The monoisotopic (exact) mass is 399 g/mol. The SMILES string of the molecule is O=C(O)c1cc2c(s1)C1(CCN(C(=O)c3ccc4c(c3)CCO4)CC1)OCC2. The van der Waals surface area contributed by atoms with E-state index in [2.05, 4.69) is 0 Å². The maximum absolute atomic E-state index is 13.0. The summed E-state index contributed by atoms with van der Waals surface area (Å²) in [4.78, 5) is 27.6. The molecule has 0 aliphatic carbocycles. The molecule has 7 heteroatoms. The summed E-state index contributed by atoms with van der Waals surface area (Å²) in [7, 11) is 0. The van der Waals surface area contributed by atoms with Gasteiger partial charge in [-0.1, -0.05) is 0 Å². The van der Waals surface area contributed by atoms with E-state index in [-0.39, 0.29) is 5.91 Å². The Labute approximate surface area is 166 Å². The molecule has 28 heavy (non-hydrogen) atoms. The van der Waals surface area contributed by atoms with Crippen LogP contribution in [0.15, 0.2) is 24.3 Å². The molecule has 1 amide bonds. The number of carboxylic acid groups (broad SMARTS) is 1. The summed E-state index contributed by atoms with van der Waals surface area (Å²) in [6.07, 6.45) is 2.99. The molecule has 3 aliphatic rings. The standard InChI is InChI=1S/C21H21NO5S/c23-19(15-1-2-16-13(11-15)3-9-26-16)22-7-5-21(6-8-22)18-14(4-10-27-21)12-17(28-18)20(24)25/h1-2,11-12H,3-10H2,(H,24,25). The van der Waals surface area contributed by atoms with Gasteiger partial charge in [0.05, 0.1) is 13.2 Å². The van der Waals surface area contributed by atoms with Crippen LogP contribution in [0.5, 0.6) is 5.75 Å². The molecule has 1 fully saturated rings. The van der Waals surface area contributed by atoms with Crippen molar-refractivity contribution in [3.05, 3.63) is 50.7 Å². The normalized spacial score (nSPS) is 19.8.